The van der Waals surface area contributed by atoms with Crippen molar-refractivity contribution < 1.29 is 8.63 Å². The van der Waals surface area contributed by atoms with E-state index in [1.807, 2.05) is 24.3 Å². The number of fused-ring (bicyclic) bond motifs is 1. The molecule has 0 amide bonds. The third-order valence-electron chi connectivity index (χ3n) is 2.91. The lowest BCUT2D eigenvalue weighted by Crippen LogP contribution is -2.01. The Morgan fingerprint density at radius 1 is 1.18 bits per heavy atom. The summed E-state index contributed by atoms with van der Waals surface area (Å²) in [6, 6.07) is 12.6. The van der Waals surface area contributed by atoms with Gasteiger partial charge in [-0.1, -0.05) is 47.1 Å². The second-order valence-corrected chi connectivity index (χ2v) is 7.85. The van der Waals surface area contributed by atoms with Gasteiger partial charge in [0, 0.05) is 16.5 Å². The van der Waals surface area contributed by atoms with E-state index in [-0.39, 0.29) is 0 Å². The number of nitrogens with zero attached hydrogens (tertiary/aromatic N) is 1. The summed E-state index contributed by atoms with van der Waals surface area (Å²) in [6.07, 6.45) is 0. The van der Waals surface area contributed by atoms with Crippen molar-refractivity contribution in [3.05, 3.63) is 52.5 Å². The summed E-state index contributed by atoms with van der Waals surface area (Å²) in [6.45, 7) is 0. The van der Waals surface area contributed by atoms with Gasteiger partial charge in [0.05, 0.1) is 20.7 Å². The highest BCUT2D eigenvalue weighted by Gasteiger charge is 2.11. The summed E-state index contributed by atoms with van der Waals surface area (Å²) >= 11 is 13.4. The Labute approximate surface area is 144 Å². The zero-order chi connectivity index (χ0) is 15.5. The molecule has 114 valence electrons. The number of benzene rings is 2. The van der Waals surface area contributed by atoms with Gasteiger partial charge in [-0.25, -0.2) is 4.98 Å². The molecule has 0 fully saturated rings. The summed E-state index contributed by atoms with van der Waals surface area (Å²) in [7, 11) is -1.20. The fourth-order valence-corrected chi connectivity index (χ4v) is 4.68. The van der Waals surface area contributed by atoms with Crippen LogP contribution in [0.2, 0.25) is 10.0 Å². The summed E-state index contributed by atoms with van der Waals surface area (Å²) < 4.78 is 17.9. The van der Waals surface area contributed by atoms with Crippen LogP contribution < -0.4 is 0 Å². The van der Waals surface area contributed by atoms with Gasteiger partial charge in [-0.05, 0) is 30.3 Å². The van der Waals surface area contributed by atoms with E-state index in [4.69, 9.17) is 27.6 Å². The van der Waals surface area contributed by atoms with Crippen molar-refractivity contribution in [2.45, 2.75) is 10.1 Å². The maximum absolute atomic E-state index is 12.3. The number of hydrogen-bond acceptors (Lipinski definition) is 4. The number of halogens is 2. The largest absolute Gasteiger partial charge is 0.431 e. The van der Waals surface area contributed by atoms with Crippen molar-refractivity contribution in [2.24, 2.45) is 0 Å². The molecule has 0 saturated carbocycles. The molecule has 0 aliphatic rings. The minimum atomic E-state index is -1.20. The number of hydrogen-bond donors (Lipinski definition) is 0. The highest BCUT2D eigenvalue weighted by Crippen LogP contribution is 2.26. The van der Waals surface area contributed by atoms with Gasteiger partial charge >= 0.3 is 0 Å². The van der Waals surface area contributed by atoms with Gasteiger partial charge in [-0.15, -0.1) is 0 Å². The van der Waals surface area contributed by atoms with Crippen molar-refractivity contribution >= 4 is 56.9 Å². The van der Waals surface area contributed by atoms with Crippen LogP contribution in [-0.2, 0) is 10.8 Å². The summed E-state index contributed by atoms with van der Waals surface area (Å²) in [5, 5.41) is 1.57. The number of thioether (sulfide) groups is 1. The molecule has 3 nitrogen and oxygen atoms in total. The molecular formula is C15H11Cl2NO2S2. The van der Waals surface area contributed by atoms with Crippen LogP contribution in [-0.4, -0.2) is 20.7 Å². The van der Waals surface area contributed by atoms with Gasteiger partial charge in [-0.2, -0.15) is 0 Å². The van der Waals surface area contributed by atoms with Crippen LogP contribution in [0.15, 0.2) is 57.0 Å². The zero-order valence-electron chi connectivity index (χ0n) is 11.3. The summed E-state index contributed by atoms with van der Waals surface area (Å²) in [4.78, 5) is 4.93. The van der Waals surface area contributed by atoms with E-state index in [9.17, 15) is 4.21 Å². The monoisotopic (exact) mass is 371 g/mol. The van der Waals surface area contributed by atoms with Gasteiger partial charge in [0.1, 0.15) is 5.52 Å². The molecule has 1 aromatic heterocycles. The van der Waals surface area contributed by atoms with Crippen LogP contribution in [0.3, 0.4) is 0 Å². The van der Waals surface area contributed by atoms with Crippen molar-refractivity contribution in [3.8, 4) is 0 Å². The molecule has 0 bridgehead atoms. The predicted molar refractivity (Wildman–Crippen MR) is 92.5 cm³/mol. The molecule has 0 aliphatic carbocycles. The van der Waals surface area contributed by atoms with Crippen molar-refractivity contribution in [1.82, 2.24) is 4.98 Å². The average molecular weight is 372 g/mol. The van der Waals surface area contributed by atoms with Crippen LogP contribution in [0, 0.1) is 0 Å². The minimum Gasteiger partial charge on any atom is -0.431 e. The summed E-state index contributed by atoms with van der Waals surface area (Å²) in [5.74, 6) is 1.06. The maximum Gasteiger partial charge on any atom is 0.256 e. The Morgan fingerprint density at radius 2 is 2.00 bits per heavy atom. The van der Waals surface area contributed by atoms with Gasteiger partial charge in [-0.3, -0.25) is 4.21 Å². The first-order valence-electron chi connectivity index (χ1n) is 6.45. The molecule has 0 spiro atoms. The van der Waals surface area contributed by atoms with E-state index in [1.54, 1.807) is 18.2 Å². The second-order valence-electron chi connectivity index (χ2n) is 4.42. The topological polar surface area (TPSA) is 43.1 Å². The maximum atomic E-state index is 12.3. The van der Waals surface area contributed by atoms with E-state index in [0.29, 0.717) is 31.7 Å². The third-order valence-corrected chi connectivity index (χ3v) is 6.08. The van der Waals surface area contributed by atoms with Gasteiger partial charge < -0.3 is 4.42 Å². The minimum absolute atomic E-state index is 0.448. The van der Waals surface area contributed by atoms with Crippen LogP contribution in [0.4, 0.5) is 0 Å². The Morgan fingerprint density at radius 3 is 2.82 bits per heavy atom. The first kappa shape index (κ1) is 15.9. The number of oxazole rings is 1. The number of rotatable bonds is 5. The fraction of sp³-hybridized carbons (Fsp3) is 0.133. The van der Waals surface area contributed by atoms with Gasteiger partial charge in [0.2, 0.25) is 0 Å². The number of aromatic nitrogens is 1. The Hall–Kier alpha value is -1.01. The van der Waals surface area contributed by atoms with Crippen molar-refractivity contribution in [2.75, 3.05) is 11.5 Å². The zero-order valence-corrected chi connectivity index (χ0v) is 14.4. The molecule has 1 atom stereocenters. The molecule has 0 unspecified atom stereocenters. The molecule has 2 aromatic carbocycles. The van der Waals surface area contributed by atoms with Crippen LogP contribution in [0.5, 0.6) is 0 Å². The van der Waals surface area contributed by atoms with E-state index < -0.39 is 10.8 Å². The van der Waals surface area contributed by atoms with Crippen LogP contribution >= 0.6 is 35.0 Å². The van der Waals surface area contributed by atoms with Crippen molar-refractivity contribution in [1.29, 1.82) is 0 Å². The van der Waals surface area contributed by atoms with E-state index in [1.165, 1.54) is 11.8 Å². The molecule has 0 N–H and O–H groups in total. The Balaban J connectivity index is 1.62. The van der Waals surface area contributed by atoms with Gasteiger partial charge in [0.25, 0.3) is 5.22 Å². The quantitative estimate of drug-likeness (QED) is 0.589. The molecule has 1 heterocycles. The lowest BCUT2D eigenvalue weighted by Gasteiger charge is -2.04. The molecule has 22 heavy (non-hydrogen) atoms. The first-order valence-corrected chi connectivity index (χ1v) is 9.51. The molecule has 0 radical (unpaired) electrons. The van der Waals surface area contributed by atoms with Gasteiger partial charge in [0.15, 0.2) is 5.58 Å². The normalized spacial score (nSPS) is 12.6. The molecule has 3 rings (SSSR count). The van der Waals surface area contributed by atoms with Crippen LogP contribution in [0.1, 0.15) is 0 Å². The van der Waals surface area contributed by atoms with Crippen molar-refractivity contribution in [3.63, 3.8) is 0 Å². The average Bonchev–Trinajstić information content (AvgIpc) is 2.92. The van der Waals surface area contributed by atoms with E-state index in [2.05, 4.69) is 4.98 Å². The molecular weight excluding hydrogens is 361 g/mol. The Kier molecular flexibility index (Phi) is 5.08. The number of para-hydroxylation sites is 2. The first-order chi connectivity index (χ1) is 10.6. The lowest BCUT2D eigenvalue weighted by molar-refractivity contribution is 0.489. The molecule has 0 saturated heterocycles. The molecule has 7 heteroatoms. The molecule has 0 aliphatic heterocycles. The standard InChI is InChI=1S/C15H11Cl2NO2S2/c16-10-5-6-11(17)14(9-10)22(19)8-7-21-15-18-12-3-1-2-4-13(12)20-15/h1-6,9H,7-8H2/t22-/m0/s1. The van der Waals surface area contributed by atoms with E-state index in [0.717, 1.165) is 11.1 Å². The molecule has 3 aromatic rings. The Bertz CT molecular complexity index is 802. The summed E-state index contributed by atoms with van der Waals surface area (Å²) in [5.41, 5.74) is 1.58. The fourth-order valence-electron chi connectivity index (χ4n) is 1.88. The smallest absolute Gasteiger partial charge is 0.256 e. The highest BCUT2D eigenvalue weighted by atomic mass is 35.5. The second kappa shape index (κ2) is 7.04. The SMILES string of the molecule is O=[S@@](CCSc1nc2ccccc2o1)c1cc(Cl)ccc1Cl. The van der Waals surface area contributed by atoms with Crippen LogP contribution in [0.25, 0.3) is 11.1 Å². The lowest BCUT2D eigenvalue weighted by atomic mass is 10.3. The highest BCUT2D eigenvalue weighted by molar-refractivity contribution is 8.00. The van der Waals surface area contributed by atoms with E-state index >= 15 is 0 Å². The third kappa shape index (κ3) is 3.66. The predicted octanol–water partition coefficient (Wildman–Crippen LogP) is 5.03.